The lowest BCUT2D eigenvalue weighted by Gasteiger charge is -2.34. The molecule has 1 aliphatic rings. The minimum absolute atomic E-state index is 0.00491. The number of carbonyl (C=O) groups is 2. The summed E-state index contributed by atoms with van der Waals surface area (Å²) in [5, 5.41) is 3.78. The average molecular weight is 709 g/mol. The number of benzene rings is 4. The van der Waals surface area contributed by atoms with Gasteiger partial charge in [-0.2, -0.15) is 0 Å². The summed E-state index contributed by atoms with van der Waals surface area (Å²) in [5.74, 6) is -0.530. The van der Waals surface area contributed by atoms with Crippen molar-refractivity contribution < 1.29 is 22.7 Å². The lowest BCUT2D eigenvalue weighted by molar-refractivity contribution is -0.140. The third kappa shape index (κ3) is 8.50. The van der Waals surface area contributed by atoms with Crippen LogP contribution in [0.25, 0.3) is 0 Å². The van der Waals surface area contributed by atoms with Crippen molar-refractivity contribution in [3.63, 3.8) is 0 Å². The Balaban J connectivity index is 1.59. The second kappa shape index (κ2) is 15.9. The highest BCUT2D eigenvalue weighted by atomic mass is 35.5. The van der Waals surface area contributed by atoms with E-state index in [0.717, 1.165) is 41.1 Å². The van der Waals surface area contributed by atoms with Crippen molar-refractivity contribution in [2.24, 2.45) is 0 Å². The van der Waals surface area contributed by atoms with Gasteiger partial charge in [-0.15, -0.1) is 0 Å². The summed E-state index contributed by atoms with van der Waals surface area (Å²) < 4.78 is 34.9. The van der Waals surface area contributed by atoms with Crippen LogP contribution >= 0.6 is 23.2 Å². The van der Waals surface area contributed by atoms with Crippen LogP contribution in [0.3, 0.4) is 0 Å². The summed E-state index contributed by atoms with van der Waals surface area (Å²) in [4.78, 5) is 30.3. The number of amides is 2. The fourth-order valence-electron chi connectivity index (χ4n) is 5.91. The van der Waals surface area contributed by atoms with E-state index < -0.39 is 28.5 Å². The van der Waals surface area contributed by atoms with E-state index in [4.69, 9.17) is 27.9 Å². The summed E-state index contributed by atoms with van der Waals surface area (Å²) >= 11 is 13.1. The van der Waals surface area contributed by atoms with Crippen molar-refractivity contribution in [3.8, 4) is 5.75 Å². The Morgan fingerprint density at radius 2 is 1.56 bits per heavy atom. The van der Waals surface area contributed by atoms with Crippen molar-refractivity contribution in [3.05, 3.63) is 124 Å². The fraction of sp³-hybridized carbons (Fsp3) is 0.297. The predicted octanol–water partition coefficient (Wildman–Crippen LogP) is 7.20. The molecule has 48 heavy (non-hydrogen) atoms. The first-order chi connectivity index (χ1) is 23.1. The van der Waals surface area contributed by atoms with Crippen molar-refractivity contribution in [1.82, 2.24) is 10.2 Å². The number of halogens is 2. The van der Waals surface area contributed by atoms with E-state index in [9.17, 15) is 18.0 Å². The SMILES string of the molecule is COc1ccc(N(CC(=O)N(Cc2ccccc2Cl)C(Cc2ccccc2)C(=O)NC2CCCC2)S(=O)(=O)c2ccc(C)cc2)cc1Cl. The fourth-order valence-corrected chi connectivity index (χ4v) is 7.76. The molecule has 0 aliphatic heterocycles. The Kier molecular flexibility index (Phi) is 11.7. The van der Waals surface area contributed by atoms with E-state index in [1.54, 1.807) is 36.4 Å². The van der Waals surface area contributed by atoms with Crippen molar-refractivity contribution in [1.29, 1.82) is 0 Å². The van der Waals surface area contributed by atoms with Gasteiger partial charge in [0.2, 0.25) is 11.8 Å². The number of aryl methyl sites for hydroxylation is 1. The van der Waals surface area contributed by atoms with Crippen LogP contribution in [0, 0.1) is 6.92 Å². The van der Waals surface area contributed by atoms with Gasteiger partial charge < -0.3 is 15.0 Å². The Hall–Kier alpha value is -4.05. The zero-order chi connectivity index (χ0) is 34.3. The van der Waals surface area contributed by atoms with Crippen LogP contribution in [0.1, 0.15) is 42.4 Å². The van der Waals surface area contributed by atoms with Crippen LogP contribution in [0.4, 0.5) is 5.69 Å². The Labute approximate surface area is 292 Å². The third-order valence-corrected chi connectivity index (χ3v) is 11.0. The van der Waals surface area contributed by atoms with Gasteiger partial charge in [-0.3, -0.25) is 13.9 Å². The van der Waals surface area contributed by atoms with Gasteiger partial charge in [0.1, 0.15) is 18.3 Å². The summed E-state index contributed by atoms with van der Waals surface area (Å²) in [6.45, 7) is 1.23. The van der Waals surface area contributed by atoms with E-state index in [2.05, 4.69) is 5.32 Å². The number of methoxy groups -OCH3 is 1. The number of nitrogens with one attached hydrogen (secondary N) is 1. The number of anilines is 1. The molecule has 1 saturated carbocycles. The third-order valence-electron chi connectivity index (χ3n) is 8.58. The molecule has 0 saturated heterocycles. The molecule has 252 valence electrons. The van der Waals surface area contributed by atoms with Gasteiger partial charge in [0.15, 0.2) is 0 Å². The van der Waals surface area contributed by atoms with Crippen molar-refractivity contribution in [2.75, 3.05) is 18.0 Å². The highest BCUT2D eigenvalue weighted by molar-refractivity contribution is 7.92. The molecule has 1 fully saturated rings. The first kappa shape index (κ1) is 35.3. The second-order valence-electron chi connectivity index (χ2n) is 12.0. The minimum atomic E-state index is -4.28. The maximum Gasteiger partial charge on any atom is 0.264 e. The van der Waals surface area contributed by atoms with E-state index in [1.807, 2.05) is 43.3 Å². The zero-order valence-electron chi connectivity index (χ0n) is 26.9. The van der Waals surface area contributed by atoms with E-state index in [0.29, 0.717) is 16.3 Å². The lowest BCUT2D eigenvalue weighted by Crippen LogP contribution is -2.54. The van der Waals surface area contributed by atoms with Crippen LogP contribution in [0.2, 0.25) is 10.0 Å². The van der Waals surface area contributed by atoms with Gasteiger partial charge in [0.25, 0.3) is 10.0 Å². The summed E-state index contributed by atoms with van der Waals surface area (Å²) in [5.41, 5.74) is 2.53. The first-order valence-electron chi connectivity index (χ1n) is 15.9. The number of rotatable bonds is 13. The Morgan fingerprint density at radius 1 is 0.896 bits per heavy atom. The predicted molar refractivity (Wildman–Crippen MR) is 190 cm³/mol. The van der Waals surface area contributed by atoms with Crippen LogP contribution in [0.5, 0.6) is 5.75 Å². The van der Waals surface area contributed by atoms with Gasteiger partial charge in [-0.05, 0) is 67.3 Å². The molecule has 0 heterocycles. The van der Waals surface area contributed by atoms with Gasteiger partial charge in [0, 0.05) is 24.0 Å². The molecule has 1 N–H and O–H groups in total. The lowest BCUT2D eigenvalue weighted by atomic mass is 10.0. The van der Waals surface area contributed by atoms with Crippen LogP contribution in [-0.4, -0.2) is 50.9 Å². The smallest absolute Gasteiger partial charge is 0.264 e. The highest BCUT2D eigenvalue weighted by Crippen LogP contribution is 2.33. The van der Waals surface area contributed by atoms with E-state index >= 15 is 0 Å². The number of ether oxygens (including phenoxy) is 1. The Bertz CT molecular complexity index is 1830. The van der Waals surface area contributed by atoms with Gasteiger partial charge in [-0.25, -0.2) is 8.42 Å². The molecular weight excluding hydrogens is 669 g/mol. The highest BCUT2D eigenvalue weighted by Gasteiger charge is 2.36. The monoisotopic (exact) mass is 707 g/mol. The zero-order valence-corrected chi connectivity index (χ0v) is 29.3. The average Bonchev–Trinajstić information content (AvgIpc) is 3.59. The Morgan fingerprint density at radius 3 is 2.21 bits per heavy atom. The molecule has 0 radical (unpaired) electrons. The van der Waals surface area contributed by atoms with Crippen molar-refractivity contribution >= 4 is 50.7 Å². The number of hydrogen-bond donors (Lipinski definition) is 1. The molecule has 4 aromatic rings. The topological polar surface area (TPSA) is 96.0 Å². The van der Waals surface area contributed by atoms with Gasteiger partial charge in [0.05, 0.1) is 22.7 Å². The first-order valence-corrected chi connectivity index (χ1v) is 18.1. The van der Waals surface area contributed by atoms with Gasteiger partial charge in [-0.1, -0.05) is 102 Å². The maximum absolute atomic E-state index is 14.7. The molecule has 4 aromatic carbocycles. The van der Waals surface area contributed by atoms with E-state index in [1.165, 1.54) is 36.3 Å². The molecule has 0 spiro atoms. The quantitative estimate of drug-likeness (QED) is 0.159. The molecular formula is C37H39Cl2N3O5S. The molecule has 2 amide bonds. The largest absolute Gasteiger partial charge is 0.495 e. The van der Waals surface area contributed by atoms with Crippen LogP contribution in [0.15, 0.2) is 102 Å². The molecule has 5 rings (SSSR count). The van der Waals surface area contributed by atoms with Crippen LogP contribution < -0.4 is 14.4 Å². The molecule has 0 aromatic heterocycles. The second-order valence-corrected chi connectivity index (χ2v) is 14.6. The minimum Gasteiger partial charge on any atom is -0.495 e. The molecule has 1 atom stereocenters. The number of nitrogens with zero attached hydrogens (tertiary/aromatic N) is 2. The summed E-state index contributed by atoms with van der Waals surface area (Å²) in [7, 11) is -2.82. The number of carbonyl (C=O) groups excluding carboxylic acids is 2. The molecule has 1 aliphatic carbocycles. The standard InChI is InChI=1S/C37H39Cl2N3O5S/c1-26-16-19-31(20-17-26)48(45,46)42(30-18-21-35(47-2)33(39)23-30)25-36(43)41(24-28-12-6-9-15-32(28)38)34(22-27-10-4-3-5-11-27)37(44)40-29-13-7-8-14-29/h3-6,9-12,15-21,23,29,34H,7-8,13-14,22,24-25H2,1-2H3,(H,40,44). The molecule has 0 bridgehead atoms. The molecule has 11 heteroatoms. The number of sulfonamides is 1. The van der Waals surface area contributed by atoms with Crippen molar-refractivity contribution in [2.45, 2.75) is 62.6 Å². The number of hydrogen-bond acceptors (Lipinski definition) is 5. The van der Waals surface area contributed by atoms with E-state index in [-0.39, 0.29) is 40.5 Å². The van der Waals surface area contributed by atoms with Gasteiger partial charge >= 0.3 is 0 Å². The normalized spacial score (nSPS) is 13.9. The maximum atomic E-state index is 14.7. The summed E-state index contributed by atoms with van der Waals surface area (Å²) in [6, 6.07) is 26.5. The molecule has 1 unspecified atom stereocenters. The van der Waals surface area contributed by atoms with Crippen LogP contribution in [-0.2, 0) is 32.6 Å². The molecule has 8 nitrogen and oxygen atoms in total. The summed E-state index contributed by atoms with van der Waals surface area (Å²) in [6.07, 6.45) is 3.99.